The molecule has 0 aliphatic carbocycles. The van der Waals surface area contributed by atoms with E-state index in [0.717, 1.165) is 7.11 Å². The standard InChI is InChI=1S/C13H10ClNO7/c1-6(10(14)16)15-11(17)7-4-3-5-8(21-13(19)20-2)9(7)22-12(15)18/h3-6H,1-2H3. The first-order valence-electron chi connectivity index (χ1n) is 6.00. The molecule has 2 aromatic rings. The lowest BCUT2D eigenvalue weighted by molar-refractivity contribution is -0.114. The zero-order valence-corrected chi connectivity index (χ0v) is 12.2. The third-order valence-electron chi connectivity index (χ3n) is 2.89. The number of carbonyl (C=O) groups excluding carboxylic acids is 2. The highest BCUT2D eigenvalue weighted by Gasteiger charge is 2.21. The van der Waals surface area contributed by atoms with E-state index in [2.05, 4.69) is 4.74 Å². The fourth-order valence-corrected chi connectivity index (χ4v) is 1.88. The van der Waals surface area contributed by atoms with Gasteiger partial charge >= 0.3 is 11.9 Å². The van der Waals surface area contributed by atoms with Crippen LogP contribution in [0.25, 0.3) is 11.0 Å². The second-order valence-electron chi connectivity index (χ2n) is 4.21. The molecule has 116 valence electrons. The van der Waals surface area contributed by atoms with Gasteiger partial charge in [0.15, 0.2) is 11.3 Å². The molecule has 1 unspecified atom stereocenters. The molecule has 0 saturated heterocycles. The quantitative estimate of drug-likeness (QED) is 0.477. The maximum atomic E-state index is 12.3. The lowest BCUT2D eigenvalue weighted by atomic mass is 10.2. The molecule has 22 heavy (non-hydrogen) atoms. The number of hydrogen-bond donors (Lipinski definition) is 0. The number of benzene rings is 1. The lowest BCUT2D eigenvalue weighted by Gasteiger charge is -2.10. The summed E-state index contributed by atoms with van der Waals surface area (Å²) in [7, 11) is 1.10. The van der Waals surface area contributed by atoms with Crippen LogP contribution in [0.2, 0.25) is 0 Å². The van der Waals surface area contributed by atoms with Crippen LogP contribution in [0.1, 0.15) is 13.0 Å². The van der Waals surface area contributed by atoms with Crippen molar-refractivity contribution in [3.63, 3.8) is 0 Å². The normalized spacial score (nSPS) is 12.0. The number of para-hydroxylation sites is 1. The first-order valence-corrected chi connectivity index (χ1v) is 6.38. The van der Waals surface area contributed by atoms with E-state index in [0.29, 0.717) is 4.57 Å². The van der Waals surface area contributed by atoms with Crippen molar-refractivity contribution >= 4 is 34.0 Å². The van der Waals surface area contributed by atoms with Crippen LogP contribution in [-0.2, 0) is 9.53 Å². The highest BCUT2D eigenvalue weighted by Crippen LogP contribution is 2.23. The summed E-state index contributed by atoms with van der Waals surface area (Å²) in [5.41, 5.74) is -1.02. The predicted octanol–water partition coefficient (Wildman–Crippen LogP) is 1.43. The van der Waals surface area contributed by atoms with Crippen molar-refractivity contribution in [1.29, 1.82) is 0 Å². The van der Waals surface area contributed by atoms with Gasteiger partial charge in [0.25, 0.3) is 5.56 Å². The third-order valence-corrected chi connectivity index (χ3v) is 3.21. The maximum absolute atomic E-state index is 12.3. The second kappa shape index (κ2) is 6.02. The molecule has 1 aromatic heterocycles. The summed E-state index contributed by atoms with van der Waals surface area (Å²) in [6, 6.07) is 2.90. The Hall–Kier alpha value is -2.61. The van der Waals surface area contributed by atoms with Gasteiger partial charge in [-0.15, -0.1) is 0 Å². The molecule has 0 aliphatic heterocycles. The van der Waals surface area contributed by atoms with Crippen LogP contribution >= 0.6 is 11.6 Å². The number of fused-ring (bicyclic) bond motifs is 1. The lowest BCUT2D eigenvalue weighted by Crippen LogP contribution is -2.37. The van der Waals surface area contributed by atoms with Gasteiger partial charge in [-0.25, -0.2) is 14.2 Å². The fraction of sp³-hybridized carbons (Fsp3) is 0.231. The van der Waals surface area contributed by atoms with Gasteiger partial charge in [0.2, 0.25) is 5.24 Å². The SMILES string of the molecule is COC(=O)Oc1cccc2c(=O)n(C(C)C(=O)Cl)c(=O)oc12. The summed E-state index contributed by atoms with van der Waals surface area (Å²) >= 11 is 5.31. The van der Waals surface area contributed by atoms with E-state index in [1.54, 1.807) is 0 Å². The smallest absolute Gasteiger partial charge is 0.437 e. The van der Waals surface area contributed by atoms with E-state index < -0.39 is 28.8 Å². The van der Waals surface area contributed by atoms with Crippen molar-refractivity contribution < 1.29 is 23.5 Å². The Morgan fingerprint density at radius 2 is 2.00 bits per heavy atom. The number of nitrogens with zero attached hydrogens (tertiary/aromatic N) is 1. The van der Waals surface area contributed by atoms with Crippen molar-refractivity contribution in [2.24, 2.45) is 0 Å². The van der Waals surface area contributed by atoms with Gasteiger partial charge in [0.1, 0.15) is 6.04 Å². The van der Waals surface area contributed by atoms with Crippen LogP contribution < -0.4 is 16.1 Å². The molecular formula is C13H10ClNO7. The van der Waals surface area contributed by atoms with E-state index in [-0.39, 0.29) is 16.7 Å². The second-order valence-corrected chi connectivity index (χ2v) is 4.58. The van der Waals surface area contributed by atoms with E-state index in [1.807, 2.05) is 0 Å². The van der Waals surface area contributed by atoms with Crippen molar-refractivity contribution in [3.05, 3.63) is 39.1 Å². The average Bonchev–Trinajstić information content (AvgIpc) is 2.47. The van der Waals surface area contributed by atoms with Crippen LogP contribution in [0.3, 0.4) is 0 Å². The van der Waals surface area contributed by atoms with Gasteiger partial charge in [-0.2, -0.15) is 0 Å². The van der Waals surface area contributed by atoms with Gasteiger partial charge in [0.05, 0.1) is 12.5 Å². The number of hydrogen-bond acceptors (Lipinski definition) is 7. The summed E-state index contributed by atoms with van der Waals surface area (Å²) in [6.45, 7) is 1.29. The molecule has 2 rings (SSSR count). The van der Waals surface area contributed by atoms with E-state index in [4.69, 9.17) is 20.8 Å². The van der Waals surface area contributed by atoms with Crippen LogP contribution in [0, 0.1) is 0 Å². The minimum Gasteiger partial charge on any atom is -0.437 e. The summed E-state index contributed by atoms with van der Waals surface area (Å²) in [6.07, 6.45) is -1.04. The van der Waals surface area contributed by atoms with Crippen LogP contribution in [0.4, 0.5) is 4.79 Å². The van der Waals surface area contributed by atoms with Crippen LogP contribution in [-0.4, -0.2) is 23.1 Å². The topological polar surface area (TPSA) is 105 Å². The molecule has 0 amide bonds. The number of aromatic nitrogens is 1. The number of rotatable bonds is 3. The fourth-order valence-electron chi connectivity index (χ4n) is 1.79. The van der Waals surface area contributed by atoms with E-state index in [1.165, 1.54) is 25.1 Å². The molecular weight excluding hydrogens is 318 g/mol. The van der Waals surface area contributed by atoms with Gasteiger partial charge in [-0.05, 0) is 30.7 Å². The molecule has 0 aliphatic rings. The number of halogens is 1. The molecule has 1 atom stereocenters. The Balaban J connectivity index is 2.74. The highest BCUT2D eigenvalue weighted by atomic mass is 35.5. The predicted molar refractivity (Wildman–Crippen MR) is 75.3 cm³/mol. The van der Waals surface area contributed by atoms with Gasteiger partial charge < -0.3 is 13.9 Å². The molecule has 1 aromatic carbocycles. The Kier molecular flexibility index (Phi) is 4.32. The average molecular weight is 328 g/mol. The maximum Gasteiger partial charge on any atom is 0.513 e. The van der Waals surface area contributed by atoms with E-state index >= 15 is 0 Å². The Morgan fingerprint density at radius 1 is 1.32 bits per heavy atom. The molecule has 0 N–H and O–H groups in total. The minimum absolute atomic E-state index is 0.0502. The van der Waals surface area contributed by atoms with Crippen molar-refractivity contribution in [2.75, 3.05) is 7.11 Å². The number of carbonyl (C=O) groups is 2. The van der Waals surface area contributed by atoms with Gasteiger partial charge in [-0.1, -0.05) is 6.07 Å². The van der Waals surface area contributed by atoms with Gasteiger partial charge in [-0.3, -0.25) is 9.59 Å². The van der Waals surface area contributed by atoms with Gasteiger partial charge in [0, 0.05) is 0 Å². The summed E-state index contributed by atoms with van der Waals surface area (Å²) in [5.74, 6) is -1.25. The Bertz CT molecular complexity index is 867. The summed E-state index contributed by atoms with van der Waals surface area (Å²) < 4.78 is 14.7. The zero-order chi connectivity index (χ0) is 16.4. The molecule has 8 nitrogen and oxygen atoms in total. The monoisotopic (exact) mass is 327 g/mol. The van der Waals surface area contributed by atoms with Crippen molar-refractivity contribution in [2.45, 2.75) is 13.0 Å². The molecule has 0 saturated carbocycles. The van der Waals surface area contributed by atoms with Crippen LogP contribution in [0.15, 0.2) is 32.2 Å². The molecule has 9 heteroatoms. The summed E-state index contributed by atoms with van der Waals surface area (Å²) in [5, 5.41) is -0.943. The first-order chi connectivity index (χ1) is 10.4. The molecule has 0 spiro atoms. The number of ether oxygens (including phenoxy) is 2. The van der Waals surface area contributed by atoms with Crippen molar-refractivity contribution in [1.82, 2.24) is 4.57 Å². The molecule has 0 fully saturated rings. The number of methoxy groups -OCH3 is 1. The third kappa shape index (κ3) is 2.73. The Labute approximate surface area is 127 Å². The zero-order valence-electron chi connectivity index (χ0n) is 11.5. The minimum atomic E-state index is -1.19. The largest absolute Gasteiger partial charge is 0.513 e. The molecule has 1 heterocycles. The first kappa shape index (κ1) is 15.8. The van der Waals surface area contributed by atoms with E-state index in [9.17, 15) is 19.2 Å². The van der Waals surface area contributed by atoms with Crippen molar-refractivity contribution in [3.8, 4) is 5.75 Å². The highest BCUT2D eigenvalue weighted by molar-refractivity contribution is 6.64. The van der Waals surface area contributed by atoms with Crippen LogP contribution in [0.5, 0.6) is 5.75 Å². The molecule has 0 bridgehead atoms. The summed E-state index contributed by atoms with van der Waals surface area (Å²) in [4.78, 5) is 46.6. The molecule has 0 radical (unpaired) electrons. The Morgan fingerprint density at radius 3 is 2.59 bits per heavy atom.